The summed E-state index contributed by atoms with van der Waals surface area (Å²) in [4.78, 5) is 20.3. The highest BCUT2D eigenvalue weighted by Crippen LogP contribution is 2.11. The molecule has 0 radical (unpaired) electrons. The third-order valence-electron chi connectivity index (χ3n) is 3.51. The monoisotopic (exact) mass is 356 g/mol. The molecule has 128 valence electrons. The number of nitrogens with one attached hydrogen (secondary N) is 2. The standard InChI is InChI=1S/C18H17ClN4O2/c19-14-4-1-3-13(9-14)6-7-20-17-10-16(22-12-23-17)18(24)21-11-15-5-2-8-25-15/h1-5,8-10,12H,6-7,11H2,(H,21,24)(H,20,22,23). The van der Waals surface area contributed by atoms with Gasteiger partial charge in [0.2, 0.25) is 0 Å². The van der Waals surface area contributed by atoms with Crippen LogP contribution in [0.5, 0.6) is 0 Å². The molecule has 0 unspecified atom stereocenters. The van der Waals surface area contributed by atoms with E-state index in [1.165, 1.54) is 6.33 Å². The fourth-order valence-corrected chi connectivity index (χ4v) is 2.49. The molecular weight excluding hydrogens is 340 g/mol. The molecule has 0 bridgehead atoms. The van der Waals surface area contributed by atoms with Gasteiger partial charge in [-0.25, -0.2) is 9.97 Å². The molecule has 0 aliphatic heterocycles. The minimum absolute atomic E-state index is 0.281. The molecule has 2 aromatic heterocycles. The summed E-state index contributed by atoms with van der Waals surface area (Å²) in [5.74, 6) is 0.999. The molecule has 0 aliphatic carbocycles. The van der Waals surface area contributed by atoms with Gasteiger partial charge in [0, 0.05) is 17.6 Å². The normalized spacial score (nSPS) is 10.4. The lowest BCUT2D eigenvalue weighted by Gasteiger charge is -2.07. The van der Waals surface area contributed by atoms with Crippen molar-refractivity contribution in [3.8, 4) is 0 Å². The van der Waals surface area contributed by atoms with Crippen molar-refractivity contribution < 1.29 is 9.21 Å². The number of hydrogen-bond acceptors (Lipinski definition) is 5. The third kappa shape index (κ3) is 5.06. The summed E-state index contributed by atoms with van der Waals surface area (Å²) in [6.07, 6.45) is 3.72. The van der Waals surface area contributed by atoms with Crippen LogP contribution in [0.1, 0.15) is 21.8 Å². The van der Waals surface area contributed by atoms with Crippen LogP contribution in [0.4, 0.5) is 5.82 Å². The molecule has 1 aromatic carbocycles. The van der Waals surface area contributed by atoms with Gasteiger partial charge in [0.05, 0.1) is 12.8 Å². The number of nitrogens with zero attached hydrogens (tertiary/aromatic N) is 2. The predicted octanol–water partition coefficient (Wildman–Crippen LogP) is 3.31. The zero-order valence-corrected chi connectivity index (χ0v) is 14.2. The Morgan fingerprint density at radius 2 is 2.08 bits per heavy atom. The number of rotatable bonds is 7. The van der Waals surface area contributed by atoms with Gasteiger partial charge < -0.3 is 15.1 Å². The number of aromatic nitrogens is 2. The van der Waals surface area contributed by atoms with Crippen LogP contribution in [0.15, 0.2) is 59.5 Å². The lowest BCUT2D eigenvalue weighted by atomic mass is 10.1. The van der Waals surface area contributed by atoms with E-state index in [1.54, 1.807) is 24.5 Å². The summed E-state index contributed by atoms with van der Waals surface area (Å²) >= 11 is 5.97. The second-order valence-electron chi connectivity index (χ2n) is 5.36. The minimum Gasteiger partial charge on any atom is -0.467 e. The van der Waals surface area contributed by atoms with Crippen LogP contribution in [0.2, 0.25) is 5.02 Å². The van der Waals surface area contributed by atoms with Crippen molar-refractivity contribution in [1.29, 1.82) is 0 Å². The first kappa shape index (κ1) is 17.0. The SMILES string of the molecule is O=C(NCc1ccco1)c1cc(NCCc2cccc(Cl)c2)ncn1. The summed E-state index contributed by atoms with van der Waals surface area (Å²) < 4.78 is 5.18. The molecule has 0 fully saturated rings. The van der Waals surface area contributed by atoms with Crippen molar-refractivity contribution in [1.82, 2.24) is 15.3 Å². The maximum atomic E-state index is 12.1. The first-order valence-electron chi connectivity index (χ1n) is 7.81. The summed E-state index contributed by atoms with van der Waals surface area (Å²) in [6, 6.07) is 12.9. The van der Waals surface area contributed by atoms with Crippen LogP contribution in [0, 0.1) is 0 Å². The molecule has 7 heteroatoms. The average Bonchev–Trinajstić information content (AvgIpc) is 3.14. The molecular formula is C18H17ClN4O2. The molecule has 6 nitrogen and oxygen atoms in total. The smallest absolute Gasteiger partial charge is 0.270 e. The van der Waals surface area contributed by atoms with Crippen LogP contribution < -0.4 is 10.6 Å². The number of furan rings is 1. The highest BCUT2D eigenvalue weighted by molar-refractivity contribution is 6.30. The molecule has 0 atom stereocenters. The van der Waals surface area contributed by atoms with E-state index in [9.17, 15) is 4.79 Å². The molecule has 0 saturated carbocycles. The Kier molecular flexibility index (Phi) is 5.64. The number of carbonyl (C=O) groups excluding carboxylic acids is 1. The van der Waals surface area contributed by atoms with Gasteiger partial charge >= 0.3 is 0 Å². The van der Waals surface area contributed by atoms with Crippen molar-refractivity contribution in [2.45, 2.75) is 13.0 Å². The summed E-state index contributed by atoms with van der Waals surface area (Å²) in [5.41, 5.74) is 1.43. The average molecular weight is 357 g/mol. The quantitative estimate of drug-likeness (QED) is 0.679. The highest BCUT2D eigenvalue weighted by Gasteiger charge is 2.09. The number of anilines is 1. The van der Waals surface area contributed by atoms with Gasteiger partial charge in [0.1, 0.15) is 23.6 Å². The van der Waals surface area contributed by atoms with Crippen molar-refractivity contribution in [3.63, 3.8) is 0 Å². The second-order valence-corrected chi connectivity index (χ2v) is 5.79. The van der Waals surface area contributed by atoms with Gasteiger partial charge in [-0.3, -0.25) is 4.79 Å². The molecule has 0 spiro atoms. The van der Waals surface area contributed by atoms with Crippen molar-refractivity contribution in [2.75, 3.05) is 11.9 Å². The molecule has 1 amide bonds. The van der Waals surface area contributed by atoms with E-state index in [0.29, 0.717) is 30.4 Å². The zero-order valence-electron chi connectivity index (χ0n) is 13.4. The van der Waals surface area contributed by atoms with Crippen LogP contribution >= 0.6 is 11.6 Å². The maximum absolute atomic E-state index is 12.1. The molecule has 2 heterocycles. The van der Waals surface area contributed by atoms with Crippen LogP contribution in [0.3, 0.4) is 0 Å². The van der Waals surface area contributed by atoms with E-state index in [4.69, 9.17) is 16.0 Å². The summed E-state index contributed by atoms with van der Waals surface area (Å²) in [6.45, 7) is 0.984. The Balaban J connectivity index is 1.52. The molecule has 3 aromatic rings. The summed E-state index contributed by atoms with van der Waals surface area (Å²) in [7, 11) is 0. The largest absolute Gasteiger partial charge is 0.467 e. The fourth-order valence-electron chi connectivity index (χ4n) is 2.28. The lowest BCUT2D eigenvalue weighted by Crippen LogP contribution is -2.24. The predicted molar refractivity (Wildman–Crippen MR) is 95.6 cm³/mol. The Bertz CT molecular complexity index is 837. The van der Waals surface area contributed by atoms with Gasteiger partial charge in [0.15, 0.2) is 0 Å². The number of benzene rings is 1. The summed E-state index contributed by atoms with van der Waals surface area (Å²) in [5, 5.41) is 6.65. The lowest BCUT2D eigenvalue weighted by molar-refractivity contribution is 0.0943. The zero-order chi connectivity index (χ0) is 17.5. The topological polar surface area (TPSA) is 80.0 Å². The van der Waals surface area contributed by atoms with Gasteiger partial charge in [-0.15, -0.1) is 0 Å². The van der Waals surface area contributed by atoms with Gasteiger partial charge in [-0.05, 0) is 36.2 Å². The van der Waals surface area contributed by atoms with Crippen molar-refractivity contribution in [2.24, 2.45) is 0 Å². The third-order valence-corrected chi connectivity index (χ3v) is 3.75. The molecule has 3 rings (SSSR count). The van der Waals surface area contributed by atoms with E-state index >= 15 is 0 Å². The van der Waals surface area contributed by atoms with Gasteiger partial charge in [-0.2, -0.15) is 0 Å². The number of halogens is 1. The Morgan fingerprint density at radius 3 is 2.88 bits per heavy atom. The second kappa shape index (κ2) is 8.30. The van der Waals surface area contributed by atoms with Crippen molar-refractivity contribution in [3.05, 3.63) is 77.1 Å². The van der Waals surface area contributed by atoms with E-state index < -0.39 is 0 Å². The minimum atomic E-state index is -0.281. The van der Waals surface area contributed by atoms with E-state index in [2.05, 4.69) is 20.6 Å². The van der Waals surface area contributed by atoms with Crippen LogP contribution in [0.25, 0.3) is 0 Å². The van der Waals surface area contributed by atoms with Gasteiger partial charge in [0.25, 0.3) is 5.91 Å². The molecule has 0 aliphatic rings. The number of amides is 1. The Morgan fingerprint density at radius 1 is 1.16 bits per heavy atom. The van der Waals surface area contributed by atoms with Crippen LogP contribution in [-0.2, 0) is 13.0 Å². The molecule has 25 heavy (non-hydrogen) atoms. The number of carbonyl (C=O) groups is 1. The Hall–Kier alpha value is -2.86. The highest BCUT2D eigenvalue weighted by atomic mass is 35.5. The maximum Gasteiger partial charge on any atom is 0.270 e. The van der Waals surface area contributed by atoms with E-state index in [1.807, 2.05) is 24.3 Å². The Labute approximate surface area is 150 Å². The first-order valence-corrected chi connectivity index (χ1v) is 8.19. The van der Waals surface area contributed by atoms with Crippen LogP contribution in [-0.4, -0.2) is 22.4 Å². The van der Waals surface area contributed by atoms with Crippen molar-refractivity contribution >= 4 is 23.3 Å². The fraction of sp³-hybridized carbons (Fsp3) is 0.167. The van der Waals surface area contributed by atoms with Gasteiger partial charge in [-0.1, -0.05) is 23.7 Å². The molecule has 0 saturated heterocycles. The first-order chi connectivity index (χ1) is 12.2. The van der Waals surface area contributed by atoms with E-state index in [-0.39, 0.29) is 5.91 Å². The molecule has 2 N–H and O–H groups in total. The number of hydrogen-bond donors (Lipinski definition) is 2. The van der Waals surface area contributed by atoms with E-state index in [0.717, 1.165) is 17.0 Å².